The zero-order valence-corrected chi connectivity index (χ0v) is 25.5. The van der Waals surface area contributed by atoms with Gasteiger partial charge in [-0.05, 0) is 55.1 Å². The molecule has 2 saturated heterocycles. The third-order valence-corrected chi connectivity index (χ3v) is 8.35. The number of halogens is 1. The maximum Gasteiger partial charge on any atom is 0.245 e. The predicted molar refractivity (Wildman–Crippen MR) is 163 cm³/mol. The van der Waals surface area contributed by atoms with E-state index >= 15 is 0 Å². The fourth-order valence-electron chi connectivity index (χ4n) is 5.75. The monoisotopic (exact) mass is 583 g/mol. The maximum absolute atomic E-state index is 13.9. The number of carbonyl (C=O) groups excluding carboxylic acids is 2. The van der Waals surface area contributed by atoms with E-state index in [0.29, 0.717) is 36.5 Å². The van der Waals surface area contributed by atoms with Gasteiger partial charge >= 0.3 is 0 Å². The van der Waals surface area contributed by atoms with Gasteiger partial charge in [0.2, 0.25) is 11.8 Å². The summed E-state index contributed by atoms with van der Waals surface area (Å²) in [6.07, 6.45) is 5.64. The molecule has 2 amide bonds. The summed E-state index contributed by atoms with van der Waals surface area (Å²) in [7, 11) is 2.18. The van der Waals surface area contributed by atoms with Gasteiger partial charge in [0.15, 0.2) is 0 Å². The first kappa shape index (κ1) is 31.4. The maximum atomic E-state index is 13.9. The highest BCUT2D eigenvalue weighted by Crippen LogP contribution is 2.23. The van der Waals surface area contributed by atoms with Gasteiger partial charge in [0.25, 0.3) is 0 Å². The molecular formula is C31H46ClN7O2. The molecule has 4 rings (SSSR count). The lowest BCUT2D eigenvalue weighted by Gasteiger charge is -2.47. The Morgan fingerprint density at radius 3 is 2.37 bits per heavy atom. The van der Waals surface area contributed by atoms with Gasteiger partial charge < -0.3 is 20.9 Å². The second kappa shape index (κ2) is 15.1. The SMILES string of the molecule is CC(C)CN(C1CCN(C(=O)[C@H](Cc2ccc(Cl)cc2)NC(=O)C[C@@H](N)c2cccnc2)CC1)N1CCN(C)CC1. The molecule has 10 heteroatoms. The molecule has 224 valence electrons. The molecule has 2 atom stereocenters. The lowest BCUT2D eigenvalue weighted by Crippen LogP contribution is -2.60. The largest absolute Gasteiger partial charge is 0.344 e. The lowest BCUT2D eigenvalue weighted by atomic mass is 9.99. The Bertz CT molecular complexity index is 1100. The molecule has 0 spiro atoms. The van der Waals surface area contributed by atoms with E-state index in [2.05, 4.69) is 46.1 Å². The zero-order chi connectivity index (χ0) is 29.4. The van der Waals surface area contributed by atoms with Crippen LogP contribution in [0.1, 0.15) is 50.3 Å². The molecular weight excluding hydrogens is 538 g/mol. The quantitative estimate of drug-likeness (QED) is 0.420. The number of nitrogens with one attached hydrogen (secondary N) is 1. The molecule has 2 aliphatic heterocycles. The molecule has 2 aliphatic rings. The average molecular weight is 584 g/mol. The summed E-state index contributed by atoms with van der Waals surface area (Å²) >= 11 is 6.09. The van der Waals surface area contributed by atoms with Crippen molar-refractivity contribution in [2.45, 2.75) is 57.7 Å². The fraction of sp³-hybridized carbons (Fsp3) is 0.581. The summed E-state index contributed by atoms with van der Waals surface area (Å²) < 4.78 is 0. The lowest BCUT2D eigenvalue weighted by molar-refractivity contribution is -0.140. The third-order valence-electron chi connectivity index (χ3n) is 8.10. The predicted octanol–water partition coefficient (Wildman–Crippen LogP) is 2.96. The van der Waals surface area contributed by atoms with Crippen molar-refractivity contribution in [3.05, 3.63) is 64.9 Å². The molecule has 0 aliphatic carbocycles. The summed E-state index contributed by atoms with van der Waals surface area (Å²) in [5.74, 6) is 0.268. The van der Waals surface area contributed by atoms with Crippen molar-refractivity contribution in [3.8, 4) is 0 Å². The van der Waals surface area contributed by atoms with Gasteiger partial charge in [-0.3, -0.25) is 14.6 Å². The number of hydrazine groups is 1. The number of likely N-dealkylation sites (N-methyl/N-ethyl adjacent to an activating group) is 1. The van der Waals surface area contributed by atoms with Crippen LogP contribution in [-0.4, -0.2) is 102 Å². The van der Waals surface area contributed by atoms with E-state index in [1.165, 1.54) is 0 Å². The number of rotatable bonds is 11. The number of piperazine rings is 1. The number of hydrogen-bond donors (Lipinski definition) is 2. The molecule has 0 bridgehead atoms. The van der Waals surface area contributed by atoms with Crippen LogP contribution >= 0.6 is 11.6 Å². The van der Waals surface area contributed by atoms with Crippen molar-refractivity contribution in [1.82, 2.24) is 30.1 Å². The molecule has 0 radical (unpaired) electrons. The summed E-state index contributed by atoms with van der Waals surface area (Å²) in [5.41, 5.74) is 8.02. The normalized spacial score (nSPS) is 19.0. The van der Waals surface area contributed by atoms with E-state index in [9.17, 15) is 9.59 Å². The van der Waals surface area contributed by atoms with E-state index in [1.54, 1.807) is 18.5 Å². The van der Waals surface area contributed by atoms with Crippen LogP contribution in [-0.2, 0) is 16.0 Å². The number of likely N-dealkylation sites (tertiary alicyclic amines) is 1. The van der Waals surface area contributed by atoms with Gasteiger partial charge in [0.1, 0.15) is 6.04 Å². The smallest absolute Gasteiger partial charge is 0.245 e. The minimum absolute atomic E-state index is 0.0447. The van der Waals surface area contributed by atoms with Crippen LogP contribution in [0.4, 0.5) is 0 Å². The van der Waals surface area contributed by atoms with Crippen LogP contribution in [0.15, 0.2) is 48.8 Å². The number of nitrogens with two attached hydrogens (primary N) is 1. The number of nitrogens with zero attached hydrogens (tertiary/aromatic N) is 5. The van der Waals surface area contributed by atoms with E-state index in [4.69, 9.17) is 17.3 Å². The Hall–Kier alpha value is -2.56. The summed E-state index contributed by atoms with van der Waals surface area (Å²) in [6, 6.07) is 10.3. The van der Waals surface area contributed by atoms with E-state index in [1.807, 2.05) is 35.2 Å². The van der Waals surface area contributed by atoms with Crippen molar-refractivity contribution in [2.75, 3.05) is 52.9 Å². The molecule has 3 N–H and O–H groups in total. The van der Waals surface area contributed by atoms with Crippen LogP contribution in [0.3, 0.4) is 0 Å². The summed E-state index contributed by atoms with van der Waals surface area (Å²) in [5, 5.41) is 8.74. The Morgan fingerprint density at radius 1 is 1.07 bits per heavy atom. The van der Waals surface area contributed by atoms with Gasteiger partial charge in [0, 0.05) is 88.2 Å². The molecule has 3 heterocycles. The van der Waals surface area contributed by atoms with Gasteiger partial charge in [-0.15, -0.1) is 0 Å². The number of aromatic nitrogens is 1. The first-order valence-electron chi connectivity index (χ1n) is 14.9. The number of hydrogen-bond acceptors (Lipinski definition) is 7. The summed E-state index contributed by atoms with van der Waals surface area (Å²) in [4.78, 5) is 35.4. The molecule has 2 fully saturated rings. The van der Waals surface area contributed by atoms with E-state index in [0.717, 1.165) is 56.7 Å². The molecule has 9 nitrogen and oxygen atoms in total. The number of piperidine rings is 1. The number of amides is 2. The molecule has 41 heavy (non-hydrogen) atoms. The Balaban J connectivity index is 1.41. The van der Waals surface area contributed by atoms with Crippen molar-refractivity contribution >= 4 is 23.4 Å². The highest BCUT2D eigenvalue weighted by molar-refractivity contribution is 6.30. The number of carbonyl (C=O) groups is 2. The minimum Gasteiger partial charge on any atom is -0.344 e. The standard InChI is InChI=1S/C31H46ClN7O2/c1-23(2)22-39(38-17-15-36(3)16-18-38)27-10-13-37(14-11-27)31(41)29(19-24-6-8-26(32)9-7-24)35-30(40)20-28(33)25-5-4-12-34-21-25/h4-9,12,21,23,27-29H,10-11,13-20,22,33H2,1-3H3,(H,35,40)/t28-,29+/m1/s1. The van der Waals surface area contributed by atoms with Crippen LogP contribution in [0.2, 0.25) is 5.02 Å². The van der Waals surface area contributed by atoms with Crippen molar-refractivity contribution in [3.63, 3.8) is 0 Å². The third kappa shape index (κ3) is 9.21. The Morgan fingerprint density at radius 2 is 1.76 bits per heavy atom. The van der Waals surface area contributed by atoms with Crippen LogP contribution < -0.4 is 11.1 Å². The molecule has 0 saturated carbocycles. The zero-order valence-electron chi connectivity index (χ0n) is 24.7. The fourth-order valence-corrected chi connectivity index (χ4v) is 5.88. The average Bonchev–Trinajstić information content (AvgIpc) is 2.97. The second-order valence-electron chi connectivity index (χ2n) is 11.9. The topological polar surface area (TPSA) is 98.0 Å². The van der Waals surface area contributed by atoms with Crippen molar-refractivity contribution < 1.29 is 9.59 Å². The molecule has 2 aromatic rings. The van der Waals surface area contributed by atoms with Crippen LogP contribution in [0, 0.1) is 5.92 Å². The van der Waals surface area contributed by atoms with Gasteiger partial charge in [-0.1, -0.05) is 43.6 Å². The highest BCUT2D eigenvalue weighted by Gasteiger charge is 2.34. The van der Waals surface area contributed by atoms with E-state index in [-0.39, 0.29) is 18.2 Å². The van der Waals surface area contributed by atoms with Gasteiger partial charge in [-0.25, -0.2) is 10.0 Å². The number of pyridine rings is 1. The van der Waals surface area contributed by atoms with Gasteiger partial charge in [0.05, 0.1) is 0 Å². The Kier molecular flexibility index (Phi) is 11.5. The van der Waals surface area contributed by atoms with Gasteiger partial charge in [-0.2, -0.15) is 0 Å². The summed E-state index contributed by atoms with van der Waals surface area (Å²) in [6.45, 7) is 11.1. The highest BCUT2D eigenvalue weighted by atomic mass is 35.5. The second-order valence-corrected chi connectivity index (χ2v) is 12.3. The molecule has 1 aromatic carbocycles. The Labute approximate surface area is 250 Å². The molecule has 0 unspecified atom stereocenters. The van der Waals surface area contributed by atoms with Crippen LogP contribution in [0.5, 0.6) is 0 Å². The first-order chi connectivity index (χ1) is 19.7. The minimum atomic E-state index is -0.675. The van der Waals surface area contributed by atoms with Crippen LogP contribution in [0.25, 0.3) is 0 Å². The van der Waals surface area contributed by atoms with E-state index < -0.39 is 12.1 Å². The molecule has 1 aromatic heterocycles. The van der Waals surface area contributed by atoms with Crippen molar-refractivity contribution in [1.29, 1.82) is 0 Å². The number of benzene rings is 1. The first-order valence-corrected chi connectivity index (χ1v) is 15.3. The van der Waals surface area contributed by atoms with Crippen molar-refractivity contribution in [2.24, 2.45) is 11.7 Å².